The number of carbonyl (C=O) groups is 2. The highest BCUT2D eigenvalue weighted by Gasteiger charge is 2.43. The number of carbonyl (C=O) groups excluding carboxylic acids is 2. The van der Waals surface area contributed by atoms with E-state index in [1.807, 2.05) is 19.0 Å². The highest BCUT2D eigenvalue weighted by Crippen LogP contribution is 2.34. The number of aromatic nitrogens is 2. The number of nitrogens with one attached hydrogen (secondary N) is 1. The van der Waals surface area contributed by atoms with Gasteiger partial charge in [-0.3, -0.25) is 19.0 Å². The molecule has 3 unspecified atom stereocenters. The Labute approximate surface area is 206 Å². The summed E-state index contributed by atoms with van der Waals surface area (Å²) in [5.74, 6) is 1.04. The first-order valence-electron chi connectivity index (χ1n) is 13.0. The van der Waals surface area contributed by atoms with Gasteiger partial charge < -0.3 is 20.9 Å². The van der Waals surface area contributed by atoms with E-state index in [-0.39, 0.29) is 47.3 Å². The molecule has 5 rings (SSSR count). The summed E-state index contributed by atoms with van der Waals surface area (Å²) in [6.07, 6.45) is 2.81. The van der Waals surface area contributed by atoms with Crippen molar-refractivity contribution in [2.75, 3.05) is 72.7 Å². The highest BCUT2D eigenvalue weighted by molar-refractivity contribution is 6.03. The van der Waals surface area contributed by atoms with Crippen LogP contribution in [-0.2, 0) is 11.3 Å². The minimum Gasteiger partial charge on any atom is -0.381 e. The molecule has 1 aromatic rings. The smallest absolute Gasteiger partial charge is 0.263 e. The maximum absolute atomic E-state index is 14.3. The molecule has 0 aromatic carbocycles. The summed E-state index contributed by atoms with van der Waals surface area (Å²) in [4.78, 5) is 33.0. The Kier molecular flexibility index (Phi) is 6.52. The van der Waals surface area contributed by atoms with Crippen molar-refractivity contribution in [1.29, 1.82) is 0 Å². The number of halogens is 1. The van der Waals surface area contributed by atoms with E-state index in [0.29, 0.717) is 17.3 Å². The van der Waals surface area contributed by atoms with Gasteiger partial charge in [-0.1, -0.05) is 0 Å². The summed E-state index contributed by atoms with van der Waals surface area (Å²) in [7, 11) is 5.85. The van der Waals surface area contributed by atoms with Crippen molar-refractivity contribution in [1.82, 2.24) is 34.3 Å². The lowest BCUT2D eigenvalue weighted by Crippen LogP contribution is -2.61. The van der Waals surface area contributed by atoms with Gasteiger partial charge in [0, 0.05) is 31.6 Å². The minimum atomic E-state index is -1.03. The molecule has 35 heavy (non-hydrogen) atoms. The molecule has 3 fully saturated rings. The van der Waals surface area contributed by atoms with Crippen LogP contribution in [0.4, 0.5) is 16.0 Å². The van der Waals surface area contributed by atoms with E-state index in [4.69, 9.17) is 5.73 Å². The molecule has 3 N–H and O–H groups in total. The second kappa shape index (κ2) is 9.33. The van der Waals surface area contributed by atoms with Crippen molar-refractivity contribution >= 4 is 23.5 Å². The average molecular weight is 492 g/mol. The van der Waals surface area contributed by atoms with Crippen LogP contribution < -0.4 is 15.5 Å². The number of piperidine rings is 2. The maximum Gasteiger partial charge on any atom is 0.263 e. The highest BCUT2D eigenvalue weighted by atomic mass is 19.1. The van der Waals surface area contributed by atoms with Crippen LogP contribution in [0.3, 0.4) is 0 Å². The van der Waals surface area contributed by atoms with Gasteiger partial charge in [0.1, 0.15) is 6.54 Å². The van der Waals surface area contributed by atoms with Crippen molar-refractivity contribution < 1.29 is 14.0 Å². The molecule has 0 bridgehead atoms. The lowest BCUT2D eigenvalue weighted by atomic mass is 9.90. The first kappa shape index (κ1) is 24.5. The SMILES string of the molecule is CN1CCC(N2CCC(C(=O)N3CCC3)CC2)C(NC(=O)c2c(N)nn3c2[N+](C)(C)CC(F)C3)C1. The zero-order chi connectivity index (χ0) is 24.9. The van der Waals surface area contributed by atoms with Gasteiger partial charge >= 0.3 is 0 Å². The molecule has 5 heterocycles. The molecule has 2 amide bonds. The van der Waals surface area contributed by atoms with Gasteiger partial charge in [0.2, 0.25) is 11.7 Å². The third kappa shape index (κ3) is 4.65. The number of likely N-dealkylation sites (N-methyl/N-ethyl adjacent to an activating group) is 1. The number of alkyl halides is 1. The Hall–Kier alpha value is -2.24. The molecule has 10 nitrogen and oxygen atoms in total. The normalized spacial score (nSPS) is 29.9. The number of anilines is 1. The van der Waals surface area contributed by atoms with Crippen LogP contribution in [0.1, 0.15) is 36.0 Å². The molecule has 4 aliphatic heterocycles. The summed E-state index contributed by atoms with van der Waals surface area (Å²) in [5.41, 5.74) is 6.57. The summed E-state index contributed by atoms with van der Waals surface area (Å²) in [6, 6.07) is 0.146. The van der Waals surface area contributed by atoms with E-state index in [0.717, 1.165) is 65.0 Å². The zero-order valence-corrected chi connectivity index (χ0v) is 21.2. The lowest BCUT2D eigenvalue weighted by molar-refractivity contribution is -0.141. The number of fused-ring (bicyclic) bond motifs is 1. The second-order valence-electron chi connectivity index (χ2n) is 11.4. The quantitative estimate of drug-likeness (QED) is 0.581. The van der Waals surface area contributed by atoms with Crippen LogP contribution in [0.2, 0.25) is 0 Å². The largest absolute Gasteiger partial charge is 0.381 e. The Balaban J connectivity index is 1.29. The first-order chi connectivity index (χ1) is 16.6. The fourth-order valence-electron chi connectivity index (χ4n) is 6.45. The van der Waals surface area contributed by atoms with E-state index >= 15 is 0 Å². The summed E-state index contributed by atoms with van der Waals surface area (Å²) in [5, 5.41) is 7.58. The molecule has 1 aromatic heterocycles. The van der Waals surface area contributed by atoms with Gasteiger partial charge in [-0.05, 0) is 52.4 Å². The van der Waals surface area contributed by atoms with E-state index in [1.165, 1.54) is 0 Å². The van der Waals surface area contributed by atoms with Gasteiger partial charge in [-0.2, -0.15) is 0 Å². The molecule has 11 heteroatoms. The second-order valence-corrected chi connectivity index (χ2v) is 11.4. The van der Waals surface area contributed by atoms with Crippen LogP contribution in [0.15, 0.2) is 0 Å². The third-order valence-electron chi connectivity index (χ3n) is 8.39. The molecule has 194 valence electrons. The van der Waals surface area contributed by atoms with E-state index < -0.39 is 6.17 Å². The van der Waals surface area contributed by atoms with Crippen molar-refractivity contribution in [2.45, 2.75) is 50.5 Å². The van der Waals surface area contributed by atoms with E-state index in [2.05, 4.69) is 27.3 Å². The number of nitrogen functional groups attached to an aromatic ring is 1. The number of hydrogen-bond acceptors (Lipinski definition) is 6. The Morgan fingerprint density at radius 2 is 1.80 bits per heavy atom. The number of likely N-dealkylation sites (tertiary alicyclic amines) is 3. The fourth-order valence-corrected chi connectivity index (χ4v) is 6.45. The summed E-state index contributed by atoms with van der Waals surface area (Å²) in [6.45, 7) is 5.68. The predicted molar refractivity (Wildman–Crippen MR) is 133 cm³/mol. The number of rotatable bonds is 4. The number of hydrogen-bond donors (Lipinski definition) is 2. The molecule has 0 saturated carbocycles. The van der Waals surface area contributed by atoms with Gasteiger partial charge in [0.25, 0.3) is 5.91 Å². The monoisotopic (exact) mass is 491 g/mol. The van der Waals surface area contributed by atoms with Crippen LogP contribution in [0.25, 0.3) is 0 Å². The molecule has 0 aliphatic carbocycles. The van der Waals surface area contributed by atoms with Crippen LogP contribution >= 0.6 is 0 Å². The van der Waals surface area contributed by atoms with Crippen molar-refractivity contribution in [2.24, 2.45) is 5.92 Å². The van der Waals surface area contributed by atoms with Crippen LogP contribution in [0, 0.1) is 5.92 Å². The standard InChI is InChI=1S/C24H39FN8O2/c1-29-10-7-19(30-11-5-16(6-12-30)24(35)31-8-4-9-31)18(14-29)27-22(34)20-21(26)28-32-13-17(25)15-33(2,3)23(20)32/h16-19H,4-15H2,1-3H3,(H2-,26,27,28,34)/p+1. The molecule has 3 saturated heterocycles. The molecule has 0 radical (unpaired) electrons. The third-order valence-corrected chi connectivity index (χ3v) is 8.39. The predicted octanol–water partition coefficient (Wildman–Crippen LogP) is 0.131. The number of amides is 2. The number of quaternary nitrogens is 1. The average Bonchev–Trinajstić information content (AvgIpc) is 3.09. The number of nitrogens with two attached hydrogens (primary N) is 1. The molecular formula is C24H40FN8O2+. The zero-order valence-electron chi connectivity index (χ0n) is 21.2. The Morgan fingerprint density at radius 3 is 2.46 bits per heavy atom. The molecule has 0 spiro atoms. The first-order valence-corrected chi connectivity index (χ1v) is 13.0. The maximum atomic E-state index is 14.3. The fraction of sp³-hybridized carbons (Fsp3) is 0.792. The lowest BCUT2D eigenvalue weighted by Gasteiger charge is -2.46. The Bertz CT molecular complexity index is 969. The minimum absolute atomic E-state index is 0.0630. The van der Waals surface area contributed by atoms with E-state index in [1.54, 1.807) is 4.68 Å². The van der Waals surface area contributed by atoms with Gasteiger partial charge in [-0.25, -0.2) is 9.07 Å². The molecule has 3 atom stereocenters. The van der Waals surface area contributed by atoms with Crippen molar-refractivity contribution in [3.8, 4) is 0 Å². The molecular weight excluding hydrogens is 451 g/mol. The van der Waals surface area contributed by atoms with Gasteiger partial charge in [0.05, 0.1) is 26.7 Å². The van der Waals surface area contributed by atoms with Gasteiger partial charge in [-0.15, -0.1) is 5.10 Å². The van der Waals surface area contributed by atoms with Crippen LogP contribution in [0.5, 0.6) is 0 Å². The Morgan fingerprint density at radius 1 is 1.09 bits per heavy atom. The summed E-state index contributed by atoms with van der Waals surface area (Å²) < 4.78 is 16.0. The van der Waals surface area contributed by atoms with E-state index in [9.17, 15) is 14.0 Å². The topological polar surface area (TPSA) is 99.7 Å². The summed E-state index contributed by atoms with van der Waals surface area (Å²) >= 11 is 0. The number of nitrogens with zero attached hydrogens (tertiary/aromatic N) is 6. The molecule has 4 aliphatic rings. The van der Waals surface area contributed by atoms with Gasteiger partial charge in [0.15, 0.2) is 17.6 Å². The van der Waals surface area contributed by atoms with Crippen molar-refractivity contribution in [3.05, 3.63) is 5.56 Å². The van der Waals surface area contributed by atoms with Crippen molar-refractivity contribution in [3.63, 3.8) is 0 Å². The van der Waals surface area contributed by atoms with Crippen LogP contribution in [-0.4, -0.2) is 122 Å².